The van der Waals surface area contributed by atoms with Crippen molar-refractivity contribution in [3.63, 3.8) is 0 Å². The average Bonchev–Trinajstić information content (AvgIpc) is 2.96. The van der Waals surface area contributed by atoms with Crippen molar-refractivity contribution < 1.29 is 0 Å². The second-order valence-corrected chi connectivity index (χ2v) is 6.42. The van der Waals surface area contributed by atoms with Gasteiger partial charge in [0.2, 0.25) is 0 Å². The smallest absolute Gasteiger partial charge is 0.0710 e. The third kappa shape index (κ3) is 3.28. The first-order chi connectivity index (χ1) is 13.2. The Hall–Kier alpha value is -2.86. The fourth-order valence-electron chi connectivity index (χ4n) is 4.14. The standard InChI is InChI=1S/C27H30/c1-7-16-21(10-4)27(22-19-14-13-15-20-22)25(17-8-2)23(11-5)24(12-6)26(27)18-9-3/h7-20H,5-6H2,1-4H3/b16-7-,17-8-,18-9-,21-10+. The molecule has 0 spiro atoms. The van der Waals surface area contributed by atoms with Crippen LogP contribution in [0.15, 0.2) is 126 Å². The third-order valence-electron chi connectivity index (χ3n) is 5.05. The fourth-order valence-corrected chi connectivity index (χ4v) is 4.14. The molecule has 138 valence electrons. The van der Waals surface area contributed by atoms with Gasteiger partial charge < -0.3 is 0 Å². The molecular weight excluding hydrogens is 324 g/mol. The molecule has 2 rings (SSSR count). The summed E-state index contributed by atoms with van der Waals surface area (Å²) in [5.41, 5.74) is 6.85. The van der Waals surface area contributed by atoms with Gasteiger partial charge in [0.1, 0.15) is 0 Å². The van der Waals surface area contributed by atoms with Gasteiger partial charge in [-0.15, -0.1) is 0 Å². The second-order valence-electron chi connectivity index (χ2n) is 6.42. The predicted octanol–water partition coefficient (Wildman–Crippen LogP) is 7.58. The van der Waals surface area contributed by atoms with Crippen LogP contribution in [0, 0.1) is 0 Å². The fraction of sp³-hybridized carbons (Fsp3) is 0.185. The summed E-state index contributed by atoms with van der Waals surface area (Å²) in [7, 11) is 0. The zero-order valence-electron chi connectivity index (χ0n) is 17.0. The maximum Gasteiger partial charge on any atom is 0.0710 e. The molecule has 0 saturated heterocycles. The topological polar surface area (TPSA) is 0 Å². The van der Waals surface area contributed by atoms with Crippen LogP contribution in [0.5, 0.6) is 0 Å². The van der Waals surface area contributed by atoms with Gasteiger partial charge in [0.25, 0.3) is 0 Å². The molecule has 0 heterocycles. The summed E-state index contributed by atoms with van der Waals surface area (Å²) in [5, 5.41) is 0. The Kier molecular flexibility index (Phi) is 6.96. The van der Waals surface area contributed by atoms with E-state index in [1.165, 1.54) is 22.3 Å². The summed E-state index contributed by atoms with van der Waals surface area (Å²) >= 11 is 0. The van der Waals surface area contributed by atoms with E-state index in [0.717, 1.165) is 11.1 Å². The summed E-state index contributed by atoms with van der Waals surface area (Å²) in [4.78, 5) is 0. The molecule has 0 nitrogen and oxygen atoms in total. The van der Waals surface area contributed by atoms with Crippen molar-refractivity contribution in [3.8, 4) is 0 Å². The molecule has 0 aliphatic heterocycles. The number of hydrogen-bond acceptors (Lipinski definition) is 0. The van der Waals surface area contributed by atoms with E-state index in [1.807, 2.05) is 12.2 Å². The second kappa shape index (κ2) is 9.19. The van der Waals surface area contributed by atoms with Gasteiger partial charge in [-0.3, -0.25) is 0 Å². The molecule has 0 heteroatoms. The van der Waals surface area contributed by atoms with Gasteiger partial charge in [-0.05, 0) is 61.1 Å². The quantitative estimate of drug-likeness (QED) is 0.443. The molecule has 1 aliphatic rings. The Morgan fingerprint density at radius 1 is 0.778 bits per heavy atom. The Morgan fingerprint density at radius 2 is 1.30 bits per heavy atom. The lowest BCUT2D eigenvalue weighted by Crippen LogP contribution is -2.30. The number of hydrogen-bond donors (Lipinski definition) is 0. The van der Waals surface area contributed by atoms with Crippen LogP contribution >= 0.6 is 0 Å². The lowest BCUT2D eigenvalue weighted by Gasteiger charge is -2.36. The Labute approximate surface area is 165 Å². The maximum atomic E-state index is 4.12. The van der Waals surface area contributed by atoms with Crippen molar-refractivity contribution >= 4 is 0 Å². The van der Waals surface area contributed by atoms with Gasteiger partial charge in [-0.2, -0.15) is 0 Å². The van der Waals surface area contributed by atoms with Gasteiger partial charge in [0.15, 0.2) is 0 Å². The number of allylic oxidation sites excluding steroid dienone is 14. The van der Waals surface area contributed by atoms with Crippen LogP contribution < -0.4 is 0 Å². The SMILES string of the molecule is C=CC1=C(/C=C\C)C(C(/C=C\C)=C/C)(c2ccccc2)C(/C=C\C)=C1C=C. The highest BCUT2D eigenvalue weighted by Crippen LogP contribution is 2.55. The van der Waals surface area contributed by atoms with E-state index in [2.05, 4.69) is 114 Å². The number of rotatable bonds is 7. The van der Waals surface area contributed by atoms with E-state index >= 15 is 0 Å². The molecule has 0 aromatic heterocycles. The molecular formula is C27H30. The van der Waals surface area contributed by atoms with Crippen LogP contribution in [0.2, 0.25) is 0 Å². The van der Waals surface area contributed by atoms with Crippen LogP contribution in [0.3, 0.4) is 0 Å². The Bertz CT molecular complexity index is 837. The summed E-state index contributed by atoms with van der Waals surface area (Å²) in [5.74, 6) is 0. The average molecular weight is 355 g/mol. The van der Waals surface area contributed by atoms with Gasteiger partial charge in [0, 0.05) is 0 Å². The molecule has 0 unspecified atom stereocenters. The van der Waals surface area contributed by atoms with Gasteiger partial charge in [-0.25, -0.2) is 0 Å². The van der Waals surface area contributed by atoms with Crippen LogP contribution in [-0.2, 0) is 5.41 Å². The third-order valence-corrected chi connectivity index (χ3v) is 5.05. The first-order valence-corrected chi connectivity index (χ1v) is 9.52. The molecule has 0 radical (unpaired) electrons. The van der Waals surface area contributed by atoms with Crippen LogP contribution in [-0.4, -0.2) is 0 Å². The highest BCUT2D eigenvalue weighted by Gasteiger charge is 2.46. The molecule has 0 atom stereocenters. The van der Waals surface area contributed by atoms with E-state index in [1.54, 1.807) is 0 Å². The summed E-state index contributed by atoms with van der Waals surface area (Å²) in [6.07, 6.45) is 19.1. The van der Waals surface area contributed by atoms with Crippen molar-refractivity contribution in [1.82, 2.24) is 0 Å². The van der Waals surface area contributed by atoms with Crippen LogP contribution in [0.25, 0.3) is 0 Å². The molecule has 0 fully saturated rings. The van der Waals surface area contributed by atoms with Crippen molar-refractivity contribution in [2.24, 2.45) is 0 Å². The van der Waals surface area contributed by atoms with E-state index in [9.17, 15) is 0 Å². The van der Waals surface area contributed by atoms with Gasteiger partial charge >= 0.3 is 0 Å². The minimum Gasteiger partial charge on any atom is -0.0984 e. The first kappa shape index (κ1) is 20.5. The molecule has 1 aliphatic carbocycles. The normalized spacial score (nSPS) is 17.7. The van der Waals surface area contributed by atoms with Gasteiger partial charge in [-0.1, -0.05) is 98.2 Å². The van der Waals surface area contributed by atoms with Crippen molar-refractivity contribution in [1.29, 1.82) is 0 Å². The lowest BCUT2D eigenvalue weighted by molar-refractivity contribution is 0.750. The summed E-state index contributed by atoms with van der Waals surface area (Å²) < 4.78 is 0. The highest BCUT2D eigenvalue weighted by atomic mass is 14.5. The largest absolute Gasteiger partial charge is 0.0984 e. The monoisotopic (exact) mass is 354 g/mol. The Morgan fingerprint density at radius 3 is 1.67 bits per heavy atom. The number of benzene rings is 1. The lowest BCUT2D eigenvalue weighted by atomic mass is 9.65. The van der Waals surface area contributed by atoms with E-state index in [4.69, 9.17) is 0 Å². The molecule has 0 amide bonds. The first-order valence-electron chi connectivity index (χ1n) is 9.52. The zero-order chi connectivity index (χ0) is 19.9. The van der Waals surface area contributed by atoms with Crippen LogP contribution in [0.1, 0.15) is 33.3 Å². The molecule has 27 heavy (non-hydrogen) atoms. The predicted molar refractivity (Wildman–Crippen MR) is 121 cm³/mol. The highest BCUT2D eigenvalue weighted by molar-refractivity contribution is 5.77. The summed E-state index contributed by atoms with van der Waals surface area (Å²) in [6, 6.07) is 10.7. The molecule has 1 aromatic carbocycles. The molecule has 1 aromatic rings. The van der Waals surface area contributed by atoms with Crippen LogP contribution in [0.4, 0.5) is 0 Å². The van der Waals surface area contributed by atoms with Crippen molar-refractivity contribution in [3.05, 3.63) is 132 Å². The maximum absolute atomic E-state index is 4.12. The van der Waals surface area contributed by atoms with Crippen molar-refractivity contribution in [2.45, 2.75) is 33.1 Å². The summed E-state index contributed by atoms with van der Waals surface area (Å²) in [6.45, 7) is 16.6. The van der Waals surface area contributed by atoms with Crippen molar-refractivity contribution in [2.75, 3.05) is 0 Å². The molecule has 0 bridgehead atoms. The minimum atomic E-state index is -0.394. The molecule has 0 saturated carbocycles. The minimum absolute atomic E-state index is 0.394. The van der Waals surface area contributed by atoms with Gasteiger partial charge in [0.05, 0.1) is 5.41 Å². The molecule has 0 N–H and O–H groups in total. The zero-order valence-corrected chi connectivity index (χ0v) is 17.0. The van der Waals surface area contributed by atoms with E-state index in [0.29, 0.717) is 0 Å². The van der Waals surface area contributed by atoms with E-state index in [-0.39, 0.29) is 0 Å². The Balaban J connectivity index is 3.15. The van der Waals surface area contributed by atoms with E-state index < -0.39 is 5.41 Å².